The third-order valence-electron chi connectivity index (χ3n) is 3.60. The van der Waals surface area contributed by atoms with E-state index in [1.807, 2.05) is 0 Å². The van der Waals surface area contributed by atoms with Crippen LogP contribution in [0.5, 0.6) is 0 Å². The van der Waals surface area contributed by atoms with Crippen LogP contribution in [-0.2, 0) is 12.8 Å². The van der Waals surface area contributed by atoms with Crippen molar-refractivity contribution in [2.45, 2.75) is 66.3 Å². The molecule has 2 unspecified atom stereocenters. The van der Waals surface area contributed by atoms with E-state index in [1.54, 1.807) is 0 Å². The molecule has 1 aromatic carbocycles. The van der Waals surface area contributed by atoms with Crippen molar-refractivity contribution in [3.05, 3.63) is 35.4 Å². The zero-order valence-electron chi connectivity index (χ0n) is 13.4. The molecule has 1 aromatic rings. The summed E-state index contributed by atoms with van der Waals surface area (Å²) in [7, 11) is 0. The topological polar surface area (TPSA) is 26.0 Å². The quantitative estimate of drug-likeness (QED) is 0.797. The molecule has 0 aliphatic heterocycles. The molecule has 0 heterocycles. The third-order valence-corrected chi connectivity index (χ3v) is 3.60. The summed E-state index contributed by atoms with van der Waals surface area (Å²) < 4.78 is 0. The number of hydrogen-bond acceptors (Lipinski definition) is 1. The molecule has 0 aliphatic rings. The van der Waals surface area contributed by atoms with Gasteiger partial charge in [-0.25, -0.2) is 0 Å². The lowest BCUT2D eigenvalue weighted by Crippen LogP contribution is -2.26. The molecule has 0 saturated heterocycles. The predicted molar refractivity (Wildman–Crippen MR) is 85.4 cm³/mol. The highest BCUT2D eigenvalue weighted by molar-refractivity contribution is 5.23. The van der Waals surface area contributed by atoms with E-state index in [0.717, 1.165) is 19.3 Å². The van der Waals surface area contributed by atoms with E-state index in [0.29, 0.717) is 11.3 Å². The maximum atomic E-state index is 6.30. The van der Waals surface area contributed by atoms with E-state index >= 15 is 0 Å². The van der Waals surface area contributed by atoms with E-state index in [4.69, 9.17) is 5.73 Å². The maximum absolute atomic E-state index is 6.30. The first-order valence-corrected chi connectivity index (χ1v) is 7.63. The van der Waals surface area contributed by atoms with Crippen LogP contribution in [0.4, 0.5) is 0 Å². The molecule has 0 bridgehead atoms. The van der Waals surface area contributed by atoms with Crippen LogP contribution >= 0.6 is 0 Å². The molecule has 1 rings (SSSR count). The Bertz CT molecular complexity index is 358. The minimum Gasteiger partial charge on any atom is -0.327 e. The highest BCUT2D eigenvalue weighted by Gasteiger charge is 2.17. The maximum Gasteiger partial charge on any atom is 0.00818 e. The first-order valence-electron chi connectivity index (χ1n) is 7.63. The molecule has 0 spiro atoms. The fraction of sp³-hybridized carbons (Fsp3) is 0.667. The average molecular weight is 261 g/mol. The van der Waals surface area contributed by atoms with Gasteiger partial charge >= 0.3 is 0 Å². The summed E-state index contributed by atoms with van der Waals surface area (Å²) in [5.74, 6) is 0.699. The molecular weight excluding hydrogens is 230 g/mol. The largest absolute Gasteiger partial charge is 0.327 e. The molecule has 0 aliphatic carbocycles. The van der Waals surface area contributed by atoms with Gasteiger partial charge in [-0.3, -0.25) is 0 Å². The van der Waals surface area contributed by atoms with Crippen LogP contribution in [0.25, 0.3) is 0 Å². The zero-order chi connectivity index (χ0) is 14.5. The Balaban J connectivity index is 2.43. The number of aryl methyl sites for hydroxylation is 1. The van der Waals surface area contributed by atoms with Gasteiger partial charge < -0.3 is 5.73 Å². The second kappa shape index (κ2) is 7.09. The molecule has 108 valence electrons. The SMILES string of the molecule is CCc1ccc(CC(N)CC(C)CC(C)(C)C)cc1. The van der Waals surface area contributed by atoms with Gasteiger partial charge in [-0.15, -0.1) is 0 Å². The standard InChI is InChI=1S/C18H31N/c1-6-15-7-9-16(10-8-15)12-17(19)11-14(2)13-18(3,4)5/h7-10,14,17H,6,11-13,19H2,1-5H3. The van der Waals surface area contributed by atoms with Gasteiger partial charge in [0, 0.05) is 6.04 Å². The number of hydrogen-bond donors (Lipinski definition) is 1. The number of nitrogens with two attached hydrogens (primary N) is 1. The van der Waals surface area contributed by atoms with Crippen LogP contribution in [0.15, 0.2) is 24.3 Å². The third kappa shape index (κ3) is 6.77. The van der Waals surface area contributed by atoms with Gasteiger partial charge in [0.2, 0.25) is 0 Å². The molecule has 0 radical (unpaired) electrons. The van der Waals surface area contributed by atoms with Crippen molar-refractivity contribution in [2.24, 2.45) is 17.1 Å². The average Bonchev–Trinajstić information content (AvgIpc) is 2.27. The summed E-state index contributed by atoms with van der Waals surface area (Å²) in [6.07, 6.45) is 4.47. The Hall–Kier alpha value is -0.820. The van der Waals surface area contributed by atoms with Crippen molar-refractivity contribution >= 4 is 0 Å². The molecule has 2 atom stereocenters. The molecule has 2 N–H and O–H groups in total. The van der Waals surface area contributed by atoms with Crippen LogP contribution in [0.1, 0.15) is 58.6 Å². The summed E-state index contributed by atoms with van der Waals surface area (Å²) in [6, 6.07) is 9.19. The van der Waals surface area contributed by atoms with Gasteiger partial charge in [0.1, 0.15) is 0 Å². The lowest BCUT2D eigenvalue weighted by molar-refractivity contribution is 0.285. The summed E-state index contributed by atoms with van der Waals surface area (Å²) in [4.78, 5) is 0. The predicted octanol–water partition coefficient (Wildman–Crippen LogP) is 4.58. The van der Waals surface area contributed by atoms with E-state index < -0.39 is 0 Å². The Morgan fingerprint density at radius 3 is 2.05 bits per heavy atom. The first kappa shape index (κ1) is 16.2. The summed E-state index contributed by atoms with van der Waals surface area (Å²) in [5, 5.41) is 0. The second-order valence-corrected chi connectivity index (χ2v) is 7.24. The Labute approximate surface area is 119 Å². The molecule has 0 aromatic heterocycles. The van der Waals surface area contributed by atoms with Crippen molar-refractivity contribution in [3.8, 4) is 0 Å². The second-order valence-electron chi connectivity index (χ2n) is 7.24. The summed E-state index contributed by atoms with van der Waals surface area (Å²) in [5.41, 5.74) is 9.47. The number of benzene rings is 1. The normalized spacial score (nSPS) is 15.3. The molecular formula is C18H31N. The van der Waals surface area contributed by atoms with Crippen LogP contribution in [-0.4, -0.2) is 6.04 Å². The van der Waals surface area contributed by atoms with Crippen LogP contribution in [0.2, 0.25) is 0 Å². The van der Waals surface area contributed by atoms with Crippen molar-refractivity contribution in [1.82, 2.24) is 0 Å². The molecule has 0 saturated carbocycles. The fourth-order valence-corrected chi connectivity index (χ4v) is 2.94. The fourth-order valence-electron chi connectivity index (χ4n) is 2.94. The smallest absolute Gasteiger partial charge is 0.00818 e. The molecule has 0 fully saturated rings. The van der Waals surface area contributed by atoms with E-state index in [1.165, 1.54) is 17.5 Å². The lowest BCUT2D eigenvalue weighted by atomic mass is 9.82. The van der Waals surface area contributed by atoms with Gasteiger partial charge in [0.25, 0.3) is 0 Å². The molecule has 19 heavy (non-hydrogen) atoms. The molecule has 1 nitrogen and oxygen atoms in total. The van der Waals surface area contributed by atoms with Gasteiger partial charge in [-0.2, -0.15) is 0 Å². The van der Waals surface area contributed by atoms with Gasteiger partial charge in [0.15, 0.2) is 0 Å². The van der Waals surface area contributed by atoms with Crippen LogP contribution < -0.4 is 5.73 Å². The summed E-state index contributed by atoms with van der Waals surface area (Å²) in [6.45, 7) is 11.4. The Morgan fingerprint density at radius 2 is 1.58 bits per heavy atom. The Morgan fingerprint density at radius 1 is 1.05 bits per heavy atom. The Kier molecular flexibility index (Phi) is 6.06. The van der Waals surface area contributed by atoms with E-state index in [-0.39, 0.29) is 6.04 Å². The minimum absolute atomic E-state index is 0.282. The van der Waals surface area contributed by atoms with Crippen LogP contribution in [0.3, 0.4) is 0 Å². The van der Waals surface area contributed by atoms with E-state index in [9.17, 15) is 0 Å². The van der Waals surface area contributed by atoms with Gasteiger partial charge in [-0.1, -0.05) is 58.9 Å². The highest BCUT2D eigenvalue weighted by atomic mass is 14.6. The van der Waals surface area contributed by atoms with Gasteiger partial charge in [-0.05, 0) is 48.1 Å². The van der Waals surface area contributed by atoms with Crippen molar-refractivity contribution in [3.63, 3.8) is 0 Å². The molecule has 1 heteroatoms. The van der Waals surface area contributed by atoms with Gasteiger partial charge in [0.05, 0.1) is 0 Å². The summed E-state index contributed by atoms with van der Waals surface area (Å²) >= 11 is 0. The number of rotatable bonds is 6. The first-order chi connectivity index (χ1) is 8.80. The van der Waals surface area contributed by atoms with Crippen molar-refractivity contribution < 1.29 is 0 Å². The van der Waals surface area contributed by atoms with Crippen LogP contribution in [0, 0.1) is 11.3 Å². The van der Waals surface area contributed by atoms with E-state index in [2.05, 4.69) is 58.9 Å². The highest BCUT2D eigenvalue weighted by Crippen LogP contribution is 2.26. The zero-order valence-corrected chi connectivity index (χ0v) is 13.4. The molecule has 0 amide bonds. The lowest BCUT2D eigenvalue weighted by Gasteiger charge is -2.25. The van der Waals surface area contributed by atoms with Crippen molar-refractivity contribution in [2.75, 3.05) is 0 Å². The monoisotopic (exact) mass is 261 g/mol. The minimum atomic E-state index is 0.282. The van der Waals surface area contributed by atoms with Crippen molar-refractivity contribution in [1.29, 1.82) is 0 Å².